The van der Waals surface area contributed by atoms with Crippen molar-refractivity contribution < 1.29 is 18.7 Å². The second kappa shape index (κ2) is 9.67. The van der Waals surface area contributed by atoms with Crippen LogP contribution in [-0.2, 0) is 4.79 Å². The third-order valence-electron chi connectivity index (χ3n) is 3.95. The van der Waals surface area contributed by atoms with Gasteiger partial charge in [-0.1, -0.05) is 17.7 Å². The molecule has 0 radical (unpaired) electrons. The molecule has 2 amide bonds. The van der Waals surface area contributed by atoms with Crippen LogP contribution in [0.4, 0.5) is 10.1 Å². The summed E-state index contributed by atoms with van der Waals surface area (Å²) in [6, 6.07) is 12.2. The Morgan fingerprint density at radius 3 is 2.70 bits per heavy atom. The molecule has 3 aromatic rings. The molecule has 3 rings (SSSR count). The fourth-order valence-electron chi connectivity index (χ4n) is 2.51. The summed E-state index contributed by atoms with van der Waals surface area (Å²) >= 11 is 5.99. The number of hydrogen-bond acceptors (Lipinski definition) is 4. The van der Waals surface area contributed by atoms with Crippen LogP contribution in [0.1, 0.15) is 15.9 Å². The summed E-state index contributed by atoms with van der Waals surface area (Å²) < 4.78 is 19.7. The summed E-state index contributed by atoms with van der Waals surface area (Å²) in [5.74, 6) is -0.924. The maximum atomic E-state index is 14.3. The van der Waals surface area contributed by atoms with Gasteiger partial charge in [-0.2, -0.15) is 0 Å². The maximum Gasteiger partial charge on any atom is 0.252 e. The zero-order chi connectivity index (χ0) is 21.5. The largest absolute Gasteiger partial charge is 0.453 e. The van der Waals surface area contributed by atoms with Crippen molar-refractivity contribution in [3.8, 4) is 11.5 Å². The number of halogens is 2. The Kier molecular flexibility index (Phi) is 6.77. The molecule has 152 valence electrons. The van der Waals surface area contributed by atoms with E-state index in [1.54, 1.807) is 30.5 Å². The van der Waals surface area contributed by atoms with Crippen molar-refractivity contribution in [3.05, 3.63) is 89.0 Å². The van der Waals surface area contributed by atoms with Crippen LogP contribution < -0.4 is 15.4 Å². The van der Waals surface area contributed by atoms with Gasteiger partial charge in [0.2, 0.25) is 5.91 Å². The first-order chi connectivity index (χ1) is 14.5. The summed E-state index contributed by atoms with van der Waals surface area (Å²) in [6.07, 6.45) is 5.78. The highest BCUT2D eigenvalue weighted by atomic mass is 35.5. The minimum atomic E-state index is -0.575. The van der Waals surface area contributed by atoms with E-state index in [-0.39, 0.29) is 22.2 Å². The monoisotopic (exact) mass is 425 g/mol. The van der Waals surface area contributed by atoms with E-state index in [1.807, 2.05) is 0 Å². The molecule has 0 spiro atoms. The lowest BCUT2D eigenvalue weighted by atomic mass is 10.1. The standard InChI is InChI=1S/C22H17ClFN3O3/c1-25-22(29)17-12-15(6-7-18(17)23)27-21(28)9-5-14-4-8-20(19(24)11-14)30-16-3-2-10-26-13-16/h2-13H,1H3,(H,25,29)(H,27,28)/b9-5+. The van der Waals surface area contributed by atoms with Gasteiger partial charge < -0.3 is 15.4 Å². The molecule has 8 heteroatoms. The molecule has 0 fully saturated rings. The molecule has 0 aliphatic carbocycles. The Balaban J connectivity index is 1.66. The van der Waals surface area contributed by atoms with Crippen LogP contribution in [-0.4, -0.2) is 23.8 Å². The van der Waals surface area contributed by atoms with E-state index >= 15 is 0 Å². The number of carbonyl (C=O) groups excluding carboxylic acids is 2. The molecular formula is C22H17ClFN3O3. The number of hydrogen-bond donors (Lipinski definition) is 2. The third kappa shape index (κ3) is 5.42. The number of nitrogens with zero attached hydrogens (tertiary/aromatic N) is 1. The van der Waals surface area contributed by atoms with Crippen molar-refractivity contribution in [2.45, 2.75) is 0 Å². The first-order valence-corrected chi connectivity index (χ1v) is 9.22. The molecular weight excluding hydrogens is 409 g/mol. The Hall–Kier alpha value is -3.71. The van der Waals surface area contributed by atoms with Crippen LogP contribution in [0.3, 0.4) is 0 Å². The van der Waals surface area contributed by atoms with E-state index in [2.05, 4.69) is 15.6 Å². The Morgan fingerprint density at radius 1 is 1.17 bits per heavy atom. The SMILES string of the molecule is CNC(=O)c1cc(NC(=O)/C=C/c2ccc(Oc3cccnc3)c(F)c2)ccc1Cl. The fourth-order valence-corrected chi connectivity index (χ4v) is 2.71. The van der Waals surface area contributed by atoms with Gasteiger partial charge in [0.15, 0.2) is 11.6 Å². The van der Waals surface area contributed by atoms with Crippen LogP contribution >= 0.6 is 11.6 Å². The van der Waals surface area contributed by atoms with Gasteiger partial charge in [0.1, 0.15) is 5.75 Å². The second-order valence-corrected chi connectivity index (χ2v) is 6.48. The predicted molar refractivity (Wildman–Crippen MR) is 113 cm³/mol. The third-order valence-corrected chi connectivity index (χ3v) is 4.28. The topological polar surface area (TPSA) is 80.3 Å². The number of benzene rings is 2. The van der Waals surface area contributed by atoms with Crippen LogP contribution in [0.2, 0.25) is 5.02 Å². The molecule has 0 aliphatic rings. The summed E-state index contributed by atoms with van der Waals surface area (Å²) in [7, 11) is 1.48. The molecule has 0 unspecified atom stereocenters. The molecule has 0 saturated heterocycles. The number of ether oxygens (including phenoxy) is 1. The van der Waals surface area contributed by atoms with E-state index < -0.39 is 11.7 Å². The van der Waals surface area contributed by atoms with E-state index in [0.29, 0.717) is 17.0 Å². The predicted octanol–water partition coefficient (Wildman–Crippen LogP) is 4.68. The Labute approximate surface area is 177 Å². The number of nitrogens with one attached hydrogen (secondary N) is 2. The van der Waals surface area contributed by atoms with Crippen molar-refractivity contribution in [1.82, 2.24) is 10.3 Å². The summed E-state index contributed by atoms with van der Waals surface area (Å²) in [5.41, 5.74) is 1.12. The summed E-state index contributed by atoms with van der Waals surface area (Å²) in [5, 5.41) is 5.37. The van der Waals surface area contributed by atoms with Crippen molar-refractivity contribution in [2.24, 2.45) is 0 Å². The van der Waals surface area contributed by atoms with Crippen LogP contribution in [0.15, 0.2) is 67.0 Å². The number of aromatic nitrogens is 1. The fraction of sp³-hybridized carbons (Fsp3) is 0.0455. The van der Waals surface area contributed by atoms with Crippen molar-refractivity contribution in [3.63, 3.8) is 0 Å². The number of carbonyl (C=O) groups is 2. The average Bonchev–Trinajstić information content (AvgIpc) is 2.75. The van der Waals surface area contributed by atoms with Gasteiger partial charge in [0.25, 0.3) is 5.91 Å². The molecule has 0 saturated carbocycles. The van der Waals surface area contributed by atoms with Crippen LogP contribution in [0, 0.1) is 5.82 Å². The van der Waals surface area contributed by atoms with Gasteiger partial charge in [0, 0.05) is 25.0 Å². The van der Waals surface area contributed by atoms with E-state index in [9.17, 15) is 14.0 Å². The molecule has 2 N–H and O–H groups in total. The van der Waals surface area contributed by atoms with Gasteiger partial charge in [0.05, 0.1) is 16.8 Å². The minimum Gasteiger partial charge on any atom is -0.453 e. The normalized spacial score (nSPS) is 10.6. The van der Waals surface area contributed by atoms with Gasteiger partial charge in [-0.25, -0.2) is 4.39 Å². The Morgan fingerprint density at radius 2 is 2.00 bits per heavy atom. The summed E-state index contributed by atoms with van der Waals surface area (Å²) in [6.45, 7) is 0. The zero-order valence-corrected chi connectivity index (χ0v) is 16.6. The van der Waals surface area contributed by atoms with E-state index in [0.717, 1.165) is 0 Å². The van der Waals surface area contributed by atoms with Gasteiger partial charge in [-0.05, 0) is 54.1 Å². The maximum absolute atomic E-state index is 14.3. The second-order valence-electron chi connectivity index (χ2n) is 6.08. The zero-order valence-electron chi connectivity index (χ0n) is 15.9. The smallest absolute Gasteiger partial charge is 0.252 e. The molecule has 0 atom stereocenters. The lowest BCUT2D eigenvalue weighted by Crippen LogP contribution is -2.18. The molecule has 1 aromatic heterocycles. The number of rotatable bonds is 6. The molecule has 6 nitrogen and oxygen atoms in total. The van der Waals surface area contributed by atoms with Crippen molar-refractivity contribution in [2.75, 3.05) is 12.4 Å². The quantitative estimate of drug-likeness (QED) is 0.562. The number of pyridine rings is 1. The molecule has 0 aliphatic heterocycles. The minimum absolute atomic E-state index is 0.0486. The van der Waals surface area contributed by atoms with E-state index in [1.165, 1.54) is 49.7 Å². The highest BCUT2D eigenvalue weighted by molar-refractivity contribution is 6.34. The van der Waals surface area contributed by atoms with Gasteiger partial charge in [-0.3, -0.25) is 14.6 Å². The van der Waals surface area contributed by atoms with Crippen molar-refractivity contribution in [1.29, 1.82) is 0 Å². The van der Waals surface area contributed by atoms with Crippen molar-refractivity contribution >= 4 is 35.2 Å². The molecule has 0 bridgehead atoms. The molecule has 30 heavy (non-hydrogen) atoms. The molecule has 2 aromatic carbocycles. The first-order valence-electron chi connectivity index (χ1n) is 8.84. The van der Waals surface area contributed by atoms with Gasteiger partial charge >= 0.3 is 0 Å². The molecule has 1 heterocycles. The highest BCUT2D eigenvalue weighted by Gasteiger charge is 2.10. The lowest BCUT2D eigenvalue weighted by molar-refractivity contribution is -0.111. The van der Waals surface area contributed by atoms with Crippen LogP contribution in [0.5, 0.6) is 11.5 Å². The van der Waals surface area contributed by atoms with Gasteiger partial charge in [-0.15, -0.1) is 0 Å². The highest BCUT2D eigenvalue weighted by Crippen LogP contribution is 2.25. The Bertz CT molecular complexity index is 1100. The van der Waals surface area contributed by atoms with Crippen LogP contribution in [0.25, 0.3) is 6.08 Å². The first kappa shape index (κ1) is 21.0. The summed E-state index contributed by atoms with van der Waals surface area (Å²) in [4.78, 5) is 27.8. The van der Waals surface area contributed by atoms with E-state index in [4.69, 9.17) is 16.3 Å². The number of amides is 2. The number of anilines is 1. The lowest BCUT2D eigenvalue weighted by Gasteiger charge is -2.07. The average molecular weight is 426 g/mol.